The maximum atomic E-state index is 13.0. The first kappa shape index (κ1) is 14.3. The molecule has 2 aliphatic rings. The first-order valence-corrected chi connectivity index (χ1v) is 8.49. The highest BCUT2D eigenvalue weighted by Gasteiger charge is 2.33. The molecular formula is C20H21NO2. The van der Waals surface area contributed by atoms with Crippen molar-refractivity contribution in [3.05, 3.63) is 59.7 Å². The van der Waals surface area contributed by atoms with Crippen LogP contribution >= 0.6 is 0 Å². The summed E-state index contributed by atoms with van der Waals surface area (Å²) in [6.45, 7) is 0. The SMILES string of the molecule is O=C(NC1CCCCC1)C1c2ccccc2Oc2ccccc21. The molecule has 1 aliphatic carbocycles. The van der Waals surface area contributed by atoms with Crippen LogP contribution in [0, 0.1) is 0 Å². The fourth-order valence-corrected chi connectivity index (χ4v) is 3.72. The maximum Gasteiger partial charge on any atom is 0.232 e. The van der Waals surface area contributed by atoms with Crippen molar-refractivity contribution in [3.63, 3.8) is 0 Å². The smallest absolute Gasteiger partial charge is 0.232 e. The molecule has 1 N–H and O–H groups in total. The summed E-state index contributed by atoms with van der Waals surface area (Å²) in [5.74, 6) is 1.39. The Morgan fingerprint density at radius 1 is 0.870 bits per heavy atom. The van der Waals surface area contributed by atoms with Crippen LogP contribution in [0.5, 0.6) is 11.5 Å². The fraction of sp³-hybridized carbons (Fsp3) is 0.350. The number of hydrogen-bond acceptors (Lipinski definition) is 2. The molecule has 0 atom stereocenters. The number of amides is 1. The zero-order valence-electron chi connectivity index (χ0n) is 13.1. The van der Waals surface area contributed by atoms with Crippen molar-refractivity contribution in [2.75, 3.05) is 0 Å². The largest absolute Gasteiger partial charge is 0.457 e. The van der Waals surface area contributed by atoms with Crippen LogP contribution in [0.4, 0.5) is 0 Å². The third kappa shape index (κ3) is 2.72. The van der Waals surface area contributed by atoms with Gasteiger partial charge in [-0.05, 0) is 25.0 Å². The van der Waals surface area contributed by atoms with E-state index in [0.717, 1.165) is 35.5 Å². The molecule has 0 unspecified atom stereocenters. The fourth-order valence-electron chi connectivity index (χ4n) is 3.72. The first-order valence-electron chi connectivity index (χ1n) is 8.49. The van der Waals surface area contributed by atoms with E-state index < -0.39 is 0 Å². The van der Waals surface area contributed by atoms with Crippen LogP contribution in [0.2, 0.25) is 0 Å². The number of carbonyl (C=O) groups is 1. The summed E-state index contributed by atoms with van der Waals surface area (Å²) >= 11 is 0. The molecule has 0 bridgehead atoms. The van der Waals surface area contributed by atoms with Crippen LogP contribution in [0.1, 0.15) is 49.1 Å². The van der Waals surface area contributed by atoms with Gasteiger partial charge in [0.1, 0.15) is 11.5 Å². The highest BCUT2D eigenvalue weighted by atomic mass is 16.5. The Hall–Kier alpha value is -2.29. The highest BCUT2D eigenvalue weighted by Crippen LogP contribution is 2.44. The third-order valence-corrected chi connectivity index (χ3v) is 4.89. The monoisotopic (exact) mass is 307 g/mol. The van der Waals surface area contributed by atoms with Gasteiger partial charge in [-0.2, -0.15) is 0 Å². The van der Waals surface area contributed by atoms with E-state index in [9.17, 15) is 4.79 Å². The van der Waals surface area contributed by atoms with E-state index in [1.807, 2.05) is 48.5 Å². The standard InChI is InChI=1S/C20H21NO2/c22-20(21-14-8-2-1-3-9-14)19-15-10-4-6-12-17(15)23-18-13-7-5-11-16(18)19/h4-7,10-14,19H,1-3,8-9H2,(H,21,22). The summed E-state index contributed by atoms with van der Waals surface area (Å²) < 4.78 is 5.97. The summed E-state index contributed by atoms with van der Waals surface area (Å²) in [7, 11) is 0. The van der Waals surface area contributed by atoms with Crippen LogP contribution in [0.25, 0.3) is 0 Å². The second-order valence-electron chi connectivity index (χ2n) is 6.45. The lowest BCUT2D eigenvalue weighted by molar-refractivity contribution is -0.122. The van der Waals surface area contributed by atoms with Gasteiger partial charge in [-0.3, -0.25) is 4.79 Å². The predicted octanol–water partition coefficient (Wildman–Crippen LogP) is 4.37. The Morgan fingerprint density at radius 3 is 2.04 bits per heavy atom. The molecule has 4 rings (SSSR count). The molecular weight excluding hydrogens is 286 g/mol. The number of fused-ring (bicyclic) bond motifs is 2. The number of para-hydroxylation sites is 2. The van der Waals surface area contributed by atoms with Crippen LogP contribution in [0.3, 0.4) is 0 Å². The molecule has 1 aliphatic heterocycles. The lowest BCUT2D eigenvalue weighted by Crippen LogP contribution is -2.40. The van der Waals surface area contributed by atoms with Crippen molar-refractivity contribution >= 4 is 5.91 Å². The third-order valence-electron chi connectivity index (χ3n) is 4.89. The van der Waals surface area contributed by atoms with Gasteiger partial charge in [0, 0.05) is 17.2 Å². The number of ether oxygens (including phenoxy) is 1. The molecule has 0 aromatic heterocycles. The summed E-state index contributed by atoms with van der Waals surface area (Å²) in [4.78, 5) is 13.0. The summed E-state index contributed by atoms with van der Waals surface area (Å²) in [5, 5.41) is 3.28. The topological polar surface area (TPSA) is 38.3 Å². The molecule has 3 nitrogen and oxygen atoms in total. The van der Waals surface area contributed by atoms with Gasteiger partial charge in [0.15, 0.2) is 0 Å². The lowest BCUT2D eigenvalue weighted by atomic mass is 9.86. The summed E-state index contributed by atoms with van der Waals surface area (Å²) in [5.41, 5.74) is 1.92. The van der Waals surface area contributed by atoms with E-state index in [-0.39, 0.29) is 11.8 Å². The van der Waals surface area contributed by atoms with E-state index in [0.29, 0.717) is 6.04 Å². The Morgan fingerprint density at radius 2 is 1.43 bits per heavy atom. The predicted molar refractivity (Wildman–Crippen MR) is 89.8 cm³/mol. The van der Waals surface area contributed by atoms with Gasteiger partial charge in [0.05, 0.1) is 5.92 Å². The van der Waals surface area contributed by atoms with Crippen molar-refractivity contribution in [1.82, 2.24) is 5.32 Å². The minimum Gasteiger partial charge on any atom is -0.457 e. The number of nitrogens with one attached hydrogen (secondary N) is 1. The first-order chi connectivity index (χ1) is 11.3. The van der Waals surface area contributed by atoms with E-state index >= 15 is 0 Å². The van der Waals surface area contributed by atoms with Crippen LogP contribution < -0.4 is 10.1 Å². The lowest BCUT2D eigenvalue weighted by Gasteiger charge is -2.30. The number of carbonyl (C=O) groups excluding carboxylic acids is 1. The average Bonchev–Trinajstić information content (AvgIpc) is 2.60. The van der Waals surface area contributed by atoms with Crippen LogP contribution in [0.15, 0.2) is 48.5 Å². The van der Waals surface area contributed by atoms with Crippen molar-refractivity contribution in [1.29, 1.82) is 0 Å². The van der Waals surface area contributed by atoms with Crippen LogP contribution in [-0.2, 0) is 4.79 Å². The molecule has 1 heterocycles. The van der Waals surface area contributed by atoms with Gasteiger partial charge in [-0.15, -0.1) is 0 Å². The van der Waals surface area contributed by atoms with Crippen molar-refractivity contribution in [2.45, 2.75) is 44.1 Å². The van der Waals surface area contributed by atoms with E-state index in [2.05, 4.69) is 5.32 Å². The van der Waals surface area contributed by atoms with Gasteiger partial charge < -0.3 is 10.1 Å². The molecule has 23 heavy (non-hydrogen) atoms. The van der Waals surface area contributed by atoms with E-state index in [4.69, 9.17) is 4.74 Å². The Kier molecular flexibility index (Phi) is 3.78. The minimum atomic E-state index is -0.280. The summed E-state index contributed by atoms with van der Waals surface area (Å²) in [6.07, 6.45) is 5.91. The van der Waals surface area contributed by atoms with Gasteiger partial charge in [0.2, 0.25) is 5.91 Å². The second-order valence-corrected chi connectivity index (χ2v) is 6.45. The zero-order chi connectivity index (χ0) is 15.6. The van der Waals surface area contributed by atoms with Crippen molar-refractivity contribution in [3.8, 4) is 11.5 Å². The highest BCUT2D eigenvalue weighted by molar-refractivity contribution is 5.89. The van der Waals surface area contributed by atoms with E-state index in [1.54, 1.807) is 0 Å². The number of hydrogen-bond donors (Lipinski definition) is 1. The quantitative estimate of drug-likeness (QED) is 0.894. The zero-order valence-corrected chi connectivity index (χ0v) is 13.1. The molecule has 2 aromatic carbocycles. The summed E-state index contributed by atoms with van der Waals surface area (Å²) in [6, 6.07) is 16.0. The maximum absolute atomic E-state index is 13.0. The Bertz CT molecular complexity index is 674. The molecule has 0 radical (unpaired) electrons. The molecule has 1 fully saturated rings. The van der Waals surface area contributed by atoms with Crippen molar-refractivity contribution < 1.29 is 9.53 Å². The molecule has 118 valence electrons. The molecule has 0 saturated heterocycles. The number of rotatable bonds is 2. The Labute approximate surface area is 136 Å². The molecule has 1 saturated carbocycles. The van der Waals surface area contributed by atoms with Gasteiger partial charge in [0.25, 0.3) is 0 Å². The number of benzene rings is 2. The van der Waals surface area contributed by atoms with Gasteiger partial charge in [-0.1, -0.05) is 55.7 Å². The van der Waals surface area contributed by atoms with Gasteiger partial charge >= 0.3 is 0 Å². The second kappa shape index (κ2) is 6.07. The average molecular weight is 307 g/mol. The molecule has 2 aromatic rings. The van der Waals surface area contributed by atoms with Gasteiger partial charge in [-0.25, -0.2) is 0 Å². The minimum absolute atomic E-state index is 0.0973. The molecule has 1 amide bonds. The molecule has 3 heteroatoms. The van der Waals surface area contributed by atoms with Crippen molar-refractivity contribution in [2.24, 2.45) is 0 Å². The van der Waals surface area contributed by atoms with E-state index in [1.165, 1.54) is 19.3 Å². The normalized spacial score (nSPS) is 17.7. The van der Waals surface area contributed by atoms with Crippen LogP contribution in [-0.4, -0.2) is 11.9 Å². The Balaban J connectivity index is 1.67. The molecule has 0 spiro atoms.